The molecule has 140 valence electrons. The number of piperidine rings is 1. The van der Waals surface area contributed by atoms with Crippen LogP contribution >= 0.6 is 11.3 Å². The third-order valence-corrected chi connectivity index (χ3v) is 6.61. The minimum atomic E-state index is 0.324. The van der Waals surface area contributed by atoms with E-state index >= 15 is 0 Å². The molecule has 0 N–H and O–H groups in total. The highest BCUT2D eigenvalue weighted by atomic mass is 32.1. The molecule has 2 aromatic rings. The first-order chi connectivity index (χ1) is 12.6. The Morgan fingerprint density at radius 2 is 2.19 bits per heavy atom. The number of fused-ring (bicyclic) bond motifs is 4. The molecule has 26 heavy (non-hydrogen) atoms. The smallest absolute Gasteiger partial charge is 0.223 e. The van der Waals surface area contributed by atoms with Crippen LogP contribution in [0.25, 0.3) is 0 Å². The molecule has 2 atom stereocenters. The lowest BCUT2D eigenvalue weighted by molar-refractivity contribution is -0.135. The Bertz CT molecular complexity index is 736. The van der Waals surface area contributed by atoms with Crippen molar-refractivity contribution in [3.8, 4) is 0 Å². The van der Waals surface area contributed by atoms with E-state index in [1.165, 1.54) is 17.5 Å². The summed E-state index contributed by atoms with van der Waals surface area (Å²) in [5.41, 5.74) is 3.48. The van der Waals surface area contributed by atoms with Crippen molar-refractivity contribution in [2.75, 3.05) is 19.6 Å². The van der Waals surface area contributed by atoms with Crippen LogP contribution in [0.2, 0.25) is 0 Å². The normalized spacial score (nSPS) is 23.4. The number of aromatic nitrogens is 1. The fourth-order valence-electron chi connectivity index (χ4n) is 4.39. The van der Waals surface area contributed by atoms with Gasteiger partial charge in [0, 0.05) is 44.2 Å². The Labute approximate surface area is 159 Å². The molecule has 0 unspecified atom stereocenters. The number of carbonyl (C=O) groups excluding carboxylic acids is 1. The number of nitrogens with zero attached hydrogens (tertiary/aromatic N) is 3. The molecule has 5 rings (SSSR count). The van der Waals surface area contributed by atoms with Crippen LogP contribution in [0.5, 0.6) is 0 Å². The van der Waals surface area contributed by atoms with Crippen LogP contribution < -0.4 is 0 Å². The molecular formula is C20H27N3O2S. The summed E-state index contributed by atoms with van der Waals surface area (Å²) in [4.78, 5) is 17.5. The molecule has 0 aromatic carbocycles. The summed E-state index contributed by atoms with van der Waals surface area (Å²) in [7, 11) is 0. The minimum absolute atomic E-state index is 0.324. The number of aryl methyl sites for hydroxylation is 3. The van der Waals surface area contributed by atoms with Gasteiger partial charge in [0.15, 0.2) is 0 Å². The van der Waals surface area contributed by atoms with E-state index in [-0.39, 0.29) is 0 Å². The molecule has 3 aliphatic heterocycles. The van der Waals surface area contributed by atoms with Crippen molar-refractivity contribution < 1.29 is 9.32 Å². The number of amides is 1. The summed E-state index contributed by atoms with van der Waals surface area (Å²) in [6.07, 6.45) is 3.85. The van der Waals surface area contributed by atoms with Crippen molar-refractivity contribution in [2.24, 2.45) is 5.92 Å². The molecule has 2 aromatic heterocycles. The minimum Gasteiger partial charge on any atom is -0.361 e. The van der Waals surface area contributed by atoms with Crippen LogP contribution in [0.4, 0.5) is 0 Å². The quantitative estimate of drug-likeness (QED) is 0.806. The lowest BCUT2D eigenvalue weighted by atomic mass is 9.94. The highest BCUT2D eigenvalue weighted by molar-refractivity contribution is 7.07. The van der Waals surface area contributed by atoms with Crippen molar-refractivity contribution in [1.82, 2.24) is 15.0 Å². The Kier molecular flexibility index (Phi) is 5.14. The van der Waals surface area contributed by atoms with E-state index in [2.05, 4.69) is 31.8 Å². The predicted octanol–water partition coefficient (Wildman–Crippen LogP) is 3.41. The number of hydrogen-bond donors (Lipinski definition) is 0. The van der Waals surface area contributed by atoms with E-state index in [9.17, 15) is 4.79 Å². The van der Waals surface area contributed by atoms with E-state index in [0.29, 0.717) is 24.3 Å². The third-order valence-electron chi connectivity index (χ3n) is 5.88. The van der Waals surface area contributed by atoms with Crippen molar-refractivity contribution in [3.05, 3.63) is 39.4 Å². The van der Waals surface area contributed by atoms with Crippen LogP contribution in [-0.2, 0) is 17.8 Å². The van der Waals surface area contributed by atoms with Crippen LogP contribution in [0.1, 0.15) is 41.8 Å². The molecule has 1 amide bonds. The van der Waals surface area contributed by atoms with Crippen molar-refractivity contribution >= 4 is 17.2 Å². The fourth-order valence-corrected chi connectivity index (χ4v) is 5.10. The van der Waals surface area contributed by atoms with Crippen molar-refractivity contribution in [1.29, 1.82) is 0 Å². The molecule has 3 fully saturated rings. The topological polar surface area (TPSA) is 49.6 Å². The summed E-state index contributed by atoms with van der Waals surface area (Å²) < 4.78 is 5.32. The maximum absolute atomic E-state index is 12.9. The van der Waals surface area contributed by atoms with Crippen LogP contribution in [0.3, 0.4) is 0 Å². The number of thiophene rings is 1. The molecule has 3 saturated heterocycles. The van der Waals surface area contributed by atoms with Gasteiger partial charge in [0.1, 0.15) is 5.76 Å². The van der Waals surface area contributed by atoms with E-state index in [1.54, 1.807) is 11.3 Å². The molecular weight excluding hydrogens is 346 g/mol. The summed E-state index contributed by atoms with van der Waals surface area (Å²) in [6, 6.07) is 2.47. The summed E-state index contributed by atoms with van der Waals surface area (Å²) in [6.45, 7) is 7.83. The molecule has 0 aliphatic carbocycles. The van der Waals surface area contributed by atoms with Gasteiger partial charge in [-0.2, -0.15) is 11.3 Å². The second-order valence-electron chi connectivity index (χ2n) is 7.77. The number of hydrogen-bond acceptors (Lipinski definition) is 5. The monoisotopic (exact) mass is 373 g/mol. The predicted molar refractivity (Wildman–Crippen MR) is 102 cm³/mol. The first kappa shape index (κ1) is 17.7. The van der Waals surface area contributed by atoms with Crippen molar-refractivity contribution in [2.45, 2.75) is 52.1 Å². The maximum Gasteiger partial charge on any atom is 0.223 e. The highest BCUT2D eigenvalue weighted by Crippen LogP contribution is 2.30. The Morgan fingerprint density at radius 1 is 1.31 bits per heavy atom. The van der Waals surface area contributed by atoms with Gasteiger partial charge in [0.25, 0.3) is 0 Å². The lowest BCUT2D eigenvalue weighted by Crippen LogP contribution is -2.47. The molecule has 5 nitrogen and oxygen atoms in total. The molecule has 2 bridgehead atoms. The van der Waals surface area contributed by atoms with Gasteiger partial charge in [0.05, 0.1) is 5.69 Å². The van der Waals surface area contributed by atoms with Gasteiger partial charge in [-0.1, -0.05) is 5.16 Å². The maximum atomic E-state index is 12.9. The second kappa shape index (κ2) is 7.53. The molecule has 0 radical (unpaired) electrons. The van der Waals surface area contributed by atoms with Crippen LogP contribution in [-0.4, -0.2) is 46.5 Å². The average molecular weight is 374 g/mol. The largest absolute Gasteiger partial charge is 0.361 e. The van der Waals surface area contributed by atoms with Gasteiger partial charge < -0.3 is 9.42 Å². The van der Waals surface area contributed by atoms with Gasteiger partial charge in [-0.25, -0.2) is 0 Å². The van der Waals surface area contributed by atoms with Crippen LogP contribution in [0.15, 0.2) is 21.3 Å². The first-order valence-electron chi connectivity index (χ1n) is 9.55. The van der Waals surface area contributed by atoms with Gasteiger partial charge in [0.2, 0.25) is 5.91 Å². The van der Waals surface area contributed by atoms with Crippen LogP contribution in [0, 0.1) is 19.8 Å². The molecule has 0 saturated carbocycles. The lowest BCUT2D eigenvalue weighted by Gasteiger charge is -2.36. The van der Waals surface area contributed by atoms with Gasteiger partial charge >= 0.3 is 0 Å². The number of rotatable bonds is 5. The molecule has 0 spiro atoms. The first-order valence-corrected chi connectivity index (χ1v) is 10.5. The zero-order chi connectivity index (χ0) is 18.1. The molecule has 6 heteroatoms. The zero-order valence-electron chi connectivity index (χ0n) is 15.6. The van der Waals surface area contributed by atoms with E-state index in [1.807, 2.05) is 13.8 Å². The Hall–Kier alpha value is -1.66. The average Bonchev–Trinajstić information content (AvgIpc) is 3.15. The third kappa shape index (κ3) is 3.71. The molecule has 3 aliphatic rings. The zero-order valence-corrected chi connectivity index (χ0v) is 16.4. The summed E-state index contributed by atoms with van der Waals surface area (Å²) in [5.74, 6) is 1.83. The van der Waals surface area contributed by atoms with Gasteiger partial charge in [-0.3, -0.25) is 9.69 Å². The van der Waals surface area contributed by atoms with Gasteiger partial charge in [-0.05, 0) is 61.4 Å². The number of carbonyl (C=O) groups is 1. The van der Waals surface area contributed by atoms with E-state index < -0.39 is 0 Å². The van der Waals surface area contributed by atoms with Gasteiger partial charge in [-0.15, -0.1) is 0 Å². The van der Waals surface area contributed by atoms with Crippen molar-refractivity contribution in [3.63, 3.8) is 0 Å². The fraction of sp³-hybridized carbons (Fsp3) is 0.600. The van der Waals surface area contributed by atoms with E-state index in [0.717, 1.165) is 50.5 Å². The SMILES string of the molecule is Cc1noc(C)c1CN1C[C@H]2CC[C@@H](C1)N(C(=O)CCc1ccsc1)C2. The summed E-state index contributed by atoms with van der Waals surface area (Å²) in [5, 5.41) is 8.31. The van der Waals surface area contributed by atoms with E-state index in [4.69, 9.17) is 4.52 Å². The Balaban J connectivity index is 1.40. The standard InChI is InChI=1S/C20H27N3O2S/c1-14-19(15(2)25-21-14)12-22-9-17-3-5-18(11-22)23(10-17)20(24)6-4-16-7-8-26-13-16/h7-8,13,17-18H,3-6,9-12H2,1-2H3/t17-,18+/m1/s1. The second-order valence-corrected chi connectivity index (χ2v) is 8.55. The highest BCUT2D eigenvalue weighted by Gasteiger charge is 2.37. The molecule has 5 heterocycles. The summed E-state index contributed by atoms with van der Waals surface area (Å²) >= 11 is 1.70. The Morgan fingerprint density at radius 3 is 2.92 bits per heavy atom.